The van der Waals surface area contributed by atoms with E-state index in [2.05, 4.69) is 9.47 Å². The highest BCUT2D eigenvalue weighted by Crippen LogP contribution is 2.53. The average molecular weight is 699 g/mol. The lowest BCUT2D eigenvalue weighted by Gasteiger charge is -2.15. The van der Waals surface area contributed by atoms with Crippen LogP contribution in [0.2, 0.25) is 0 Å². The molecule has 0 amide bonds. The van der Waals surface area contributed by atoms with Gasteiger partial charge in [0.1, 0.15) is 59.1 Å². The van der Waals surface area contributed by atoms with E-state index in [1.54, 1.807) is 24.3 Å². The highest BCUT2D eigenvalue weighted by molar-refractivity contribution is 6.28. The average Bonchev–Trinajstić information content (AvgIpc) is 3.59. The Morgan fingerprint density at radius 1 is 0.442 bits per heavy atom. The van der Waals surface area contributed by atoms with Crippen LogP contribution < -0.4 is 9.47 Å². The van der Waals surface area contributed by atoms with Gasteiger partial charge >= 0.3 is 12.7 Å². The number of allylic oxidation sites excluding steroid dienone is 8. The second kappa shape index (κ2) is 13.0. The summed E-state index contributed by atoms with van der Waals surface area (Å²) >= 11 is 0. The van der Waals surface area contributed by atoms with Crippen LogP contribution in [0.1, 0.15) is 44.5 Å². The normalized spacial score (nSPS) is 12.8. The first kappa shape index (κ1) is 35.0. The number of ether oxygens (including phenoxy) is 2. The Bertz CT molecular complexity index is 2430. The topological polar surface area (TPSA) is 209 Å². The Morgan fingerprint density at radius 3 is 1.06 bits per heavy atom. The molecule has 0 bridgehead atoms. The van der Waals surface area contributed by atoms with Gasteiger partial charge in [0.2, 0.25) is 0 Å². The number of hydrogen-bond acceptors (Lipinski definition) is 10. The van der Waals surface area contributed by atoms with E-state index in [1.807, 2.05) is 24.3 Å². The van der Waals surface area contributed by atoms with E-state index in [-0.39, 0.29) is 66.8 Å². The van der Waals surface area contributed by atoms with Crippen molar-refractivity contribution in [3.05, 3.63) is 104 Å². The van der Waals surface area contributed by atoms with Gasteiger partial charge in [0, 0.05) is 44.5 Å². The number of alkyl halides is 6. The predicted octanol–water partition coefficient (Wildman–Crippen LogP) is 7.72. The zero-order chi connectivity index (χ0) is 38.1. The molecule has 3 aromatic rings. The van der Waals surface area contributed by atoms with Gasteiger partial charge in [0.15, 0.2) is 0 Å². The molecule has 0 spiro atoms. The molecule has 2 aliphatic rings. The molecule has 10 nitrogen and oxygen atoms in total. The standard InChI is InChI=1S/C36H8F6N8O2/c37-35(38,39)51-21-1-3-23-27(7-21)29(15-49)33(31(23)19(11-45)12-46)25-5-18(10-44)26(6-17(25)9-43)34-30(16-50)28-8-22(52-36(40,41)42)2-4-24(28)32(34)20(13-47)14-48/h1-8H. The van der Waals surface area contributed by atoms with Crippen LogP contribution in [0.3, 0.4) is 0 Å². The fourth-order valence-electron chi connectivity index (χ4n) is 5.84. The van der Waals surface area contributed by atoms with Crippen LogP contribution in [-0.2, 0) is 0 Å². The highest BCUT2D eigenvalue weighted by atomic mass is 19.4. The number of hydrogen-bond donors (Lipinski definition) is 0. The van der Waals surface area contributed by atoms with Crippen molar-refractivity contribution in [3.8, 4) is 60.1 Å². The molecule has 0 N–H and O–H groups in total. The van der Waals surface area contributed by atoms with Gasteiger partial charge in [-0.05, 0) is 59.7 Å². The second-order valence-electron chi connectivity index (χ2n) is 10.3. The maximum absolute atomic E-state index is 13.0. The van der Waals surface area contributed by atoms with E-state index >= 15 is 0 Å². The highest BCUT2D eigenvalue weighted by Gasteiger charge is 2.38. The minimum absolute atomic E-state index is 0.0545. The maximum atomic E-state index is 13.0. The molecular weight excluding hydrogens is 690 g/mol. The molecule has 0 unspecified atom stereocenters. The van der Waals surface area contributed by atoms with Gasteiger partial charge in [-0.25, -0.2) is 0 Å². The van der Waals surface area contributed by atoms with Gasteiger partial charge in [-0.3, -0.25) is 0 Å². The largest absolute Gasteiger partial charge is 0.573 e. The summed E-state index contributed by atoms with van der Waals surface area (Å²) < 4.78 is 86.2. The van der Waals surface area contributed by atoms with Crippen molar-refractivity contribution in [1.82, 2.24) is 0 Å². The van der Waals surface area contributed by atoms with Crippen molar-refractivity contribution >= 4 is 33.4 Å². The molecule has 5 rings (SSSR count). The van der Waals surface area contributed by atoms with E-state index < -0.39 is 46.5 Å². The Morgan fingerprint density at radius 2 is 0.788 bits per heavy atom. The zero-order valence-corrected chi connectivity index (χ0v) is 25.3. The Labute approximate surface area is 288 Å². The molecule has 0 saturated carbocycles. The van der Waals surface area contributed by atoms with Crippen LogP contribution >= 0.6 is 0 Å². The minimum Gasteiger partial charge on any atom is -0.406 e. The lowest BCUT2D eigenvalue weighted by molar-refractivity contribution is -0.275. The lowest BCUT2D eigenvalue weighted by atomic mass is 9.84. The molecular formula is C36H8F6N8O2. The smallest absolute Gasteiger partial charge is 0.406 e. The maximum Gasteiger partial charge on any atom is 0.573 e. The molecule has 0 fully saturated rings. The third kappa shape index (κ3) is 5.96. The molecule has 2 aliphatic carbocycles. The van der Waals surface area contributed by atoms with Gasteiger partial charge < -0.3 is 9.47 Å². The predicted molar refractivity (Wildman–Crippen MR) is 163 cm³/mol. The van der Waals surface area contributed by atoms with Crippen LogP contribution in [0.25, 0.3) is 33.4 Å². The summed E-state index contributed by atoms with van der Waals surface area (Å²) in [6.45, 7) is 0. The van der Waals surface area contributed by atoms with E-state index in [0.717, 1.165) is 48.5 Å². The van der Waals surface area contributed by atoms with Crippen molar-refractivity contribution < 1.29 is 35.8 Å². The van der Waals surface area contributed by atoms with Crippen LogP contribution in [-0.4, -0.2) is 12.7 Å². The summed E-state index contributed by atoms with van der Waals surface area (Å²) in [5, 5.41) is 80.5. The van der Waals surface area contributed by atoms with Crippen LogP contribution in [0.5, 0.6) is 11.5 Å². The fraction of sp³-hybridized carbons (Fsp3) is 0.0556. The monoisotopic (exact) mass is 698 g/mol. The van der Waals surface area contributed by atoms with Crippen molar-refractivity contribution in [2.75, 3.05) is 0 Å². The van der Waals surface area contributed by atoms with Gasteiger partial charge in [0.25, 0.3) is 0 Å². The number of fused-ring (bicyclic) bond motifs is 2. The lowest BCUT2D eigenvalue weighted by Crippen LogP contribution is -2.17. The van der Waals surface area contributed by atoms with E-state index in [1.165, 1.54) is 0 Å². The van der Waals surface area contributed by atoms with Crippen molar-refractivity contribution in [1.29, 1.82) is 42.1 Å². The zero-order valence-electron chi connectivity index (χ0n) is 25.3. The molecule has 0 atom stereocenters. The summed E-state index contributed by atoms with van der Waals surface area (Å²) in [4.78, 5) is 0. The minimum atomic E-state index is -5.13. The third-order valence-electron chi connectivity index (χ3n) is 7.63. The fourth-order valence-corrected chi connectivity index (χ4v) is 5.84. The summed E-state index contributed by atoms with van der Waals surface area (Å²) in [5.41, 5.74) is -4.97. The first-order chi connectivity index (χ1) is 24.7. The number of nitrogens with zero attached hydrogens (tertiary/aromatic N) is 8. The summed E-state index contributed by atoms with van der Waals surface area (Å²) in [6, 6.07) is 21.5. The third-order valence-corrected chi connectivity index (χ3v) is 7.63. The molecule has 246 valence electrons. The van der Waals surface area contributed by atoms with Crippen molar-refractivity contribution in [2.45, 2.75) is 12.7 Å². The summed E-state index contributed by atoms with van der Waals surface area (Å²) in [5.74, 6) is -1.51. The molecule has 16 heteroatoms. The Kier molecular flexibility index (Phi) is 8.74. The SMILES string of the molecule is N#CC(C#N)=C1C(c2cc(C#N)c(C3=C(C#N)c4cc(OC(F)(F)F)ccc4C3=C(C#N)C#N)cc2C#N)=C(C#N)c2cc(OC(F)(F)F)ccc21. The molecule has 0 saturated heterocycles. The molecule has 0 radical (unpaired) electrons. The Balaban J connectivity index is 1.87. The van der Waals surface area contributed by atoms with Crippen LogP contribution in [0, 0.1) is 90.6 Å². The first-order valence-corrected chi connectivity index (χ1v) is 13.9. The molecule has 0 aliphatic heterocycles. The Hall–Kier alpha value is -8.28. The van der Waals surface area contributed by atoms with E-state index in [4.69, 9.17) is 0 Å². The molecule has 52 heavy (non-hydrogen) atoms. The number of benzene rings is 3. The molecule has 3 aromatic carbocycles. The van der Waals surface area contributed by atoms with Gasteiger partial charge in [-0.2, -0.15) is 42.1 Å². The number of rotatable bonds is 4. The second-order valence-corrected chi connectivity index (χ2v) is 10.3. The van der Waals surface area contributed by atoms with E-state index in [9.17, 15) is 68.4 Å². The number of nitriles is 8. The summed E-state index contributed by atoms with van der Waals surface area (Å²) in [6.07, 6.45) is -10.3. The van der Waals surface area contributed by atoms with Gasteiger partial charge in [0.05, 0.1) is 34.4 Å². The summed E-state index contributed by atoms with van der Waals surface area (Å²) in [7, 11) is 0. The quantitative estimate of drug-likeness (QED) is 0.191. The molecule has 0 aromatic heterocycles. The van der Waals surface area contributed by atoms with Crippen molar-refractivity contribution in [3.63, 3.8) is 0 Å². The van der Waals surface area contributed by atoms with E-state index in [0.29, 0.717) is 0 Å². The first-order valence-electron chi connectivity index (χ1n) is 13.9. The number of halogens is 6. The molecule has 0 heterocycles. The van der Waals surface area contributed by atoms with Gasteiger partial charge in [-0.15, -0.1) is 26.3 Å². The van der Waals surface area contributed by atoms with Crippen LogP contribution in [0.15, 0.2) is 59.7 Å². The van der Waals surface area contributed by atoms with Crippen molar-refractivity contribution in [2.24, 2.45) is 0 Å². The van der Waals surface area contributed by atoms with Gasteiger partial charge in [-0.1, -0.05) is 0 Å². The van der Waals surface area contributed by atoms with Crippen LogP contribution in [0.4, 0.5) is 26.3 Å².